The zero-order valence-corrected chi connectivity index (χ0v) is 16.2. The Morgan fingerprint density at radius 2 is 2.21 bits per heavy atom. The van der Waals surface area contributed by atoms with E-state index in [1.54, 1.807) is 13.3 Å². The molecule has 7 heteroatoms. The SMILES string of the molecule is CN=C(NCC1(O)CCc2ccccc21)N(C)Cc1ccon1.I. The summed E-state index contributed by atoms with van der Waals surface area (Å²) < 4.78 is 4.85. The fourth-order valence-electron chi connectivity index (χ4n) is 3.10. The Morgan fingerprint density at radius 1 is 1.42 bits per heavy atom. The molecule has 130 valence electrons. The van der Waals surface area contributed by atoms with Crippen molar-refractivity contribution in [2.24, 2.45) is 4.99 Å². The van der Waals surface area contributed by atoms with Crippen LogP contribution in [0.15, 0.2) is 46.1 Å². The summed E-state index contributed by atoms with van der Waals surface area (Å²) in [6.45, 7) is 1.02. The second kappa shape index (κ2) is 7.98. The van der Waals surface area contributed by atoms with Gasteiger partial charge in [0.1, 0.15) is 17.6 Å². The molecule has 1 aromatic carbocycles. The molecule has 1 aliphatic rings. The average molecular weight is 442 g/mol. The first-order chi connectivity index (χ1) is 11.1. The van der Waals surface area contributed by atoms with Crippen molar-refractivity contribution < 1.29 is 9.63 Å². The maximum atomic E-state index is 11.0. The van der Waals surface area contributed by atoms with Gasteiger partial charge in [-0.3, -0.25) is 4.99 Å². The number of aromatic nitrogens is 1. The van der Waals surface area contributed by atoms with Crippen molar-refractivity contribution in [1.29, 1.82) is 0 Å². The fourth-order valence-corrected chi connectivity index (χ4v) is 3.10. The number of nitrogens with zero attached hydrogens (tertiary/aromatic N) is 3. The standard InChI is InChI=1S/C17H22N4O2.HI/c1-18-16(21(2)11-14-8-10-23-20-14)19-12-17(22)9-7-13-5-3-4-6-15(13)17;/h3-6,8,10,22H,7,9,11-12H2,1-2H3,(H,18,19);1H. The van der Waals surface area contributed by atoms with E-state index < -0.39 is 5.60 Å². The number of fused-ring (bicyclic) bond motifs is 1. The summed E-state index contributed by atoms with van der Waals surface area (Å²) in [5, 5.41) is 18.1. The molecule has 1 aromatic heterocycles. The highest BCUT2D eigenvalue weighted by Gasteiger charge is 2.36. The van der Waals surface area contributed by atoms with Crippen molar-refractivity contribution in [1.82, 2.24) is 15.4 Å². The number of guanidine groups is 1. The van der Waals surface area contributed by atoms with Crippen LogP contribution in [-0.4, -0.2) is 41.8 Å². The van der Waals surface area contributed by atoms with Gasteiger partial charge in [-0.25, -0.2) is 0 Å². The summed E-state index contributed by atoms with van der Waals surface area (Å²) in [5.74, 6) is 0.714. The molecule has 1 unspecified atom stereocenters. The Bertz CT molecular complexity index is 690. The van der Waals surface area contributed by atoms with Gasteiger partial charge >= 0.3 is 0 Å². The lowest BCUT2D eigenvalue weighted by Gasteiger charge is -2.28. The van der Waals surface area contributed by atoms with E-state index in [2.05, 4.69) is 21.5 Å². The van der Waals surface area contributed by atoms with E-state index in [1.807, 2.05) is 36.2 Å². The van der Waals surface area contributed by atoms with E-state index in [0.29, 0.717) is 19.0 Å². The molecule has 0 bridgehead atoms. The second-order valence-electron chi connectivity index (χ2n) is 5.94. The average Bonchev–Trinajstić information content (AvgIpc) is 3.17. The molecule has 0 saturated heterocycles. The highest BCUT2D eigenvalue weighted by Crippen LogP contribution is 2.36. The Morgan fingerprint density at radius 3 is 2.92 bits per heavy atom. The van der Waals surface area contributed by atoms with Crippen molar-refractivity contribution >= 4 is 29.9 Å². The number of aliphatic hydroxyl groups is 1. The quantitative estimate of drug-likeness (QED) is 0.431. The van der Waals surface area contributed by atoms with E-state index >= 15 is 0 Å². The van der Waals surface area contributed by atoms with Crippen LogP contribution in [0.25, 0.3) is 0 Å². The molecular formula is C17H23IN4O2. The lowest BCUT2D eigenvalue weighted by atomic mass is 9.96. The molecule has 2 N–H and O–H groups in total. The van der Waals surface area contributed by atoms with Gasteiger partial charge in [-0.15, -0.1) is 24.0 Å². The van der Waals surface area contributed by atoms with Crippen LogP contribution in [0.5, 0.6) is 0 Å². The molecule has 1 heterocycles. The third-order valence-corrected chi connectivity index (χ3v) is 4.33. The number of rotatable bonds is 4. The number of hydrogen-bond acceptors (Lipinski definition) is 4. The molecule has 1 atom stereocenters. The minimum absolute atomic E-state index is 0. The third-order valence-electron chi connectivity index (χ3n) is 4.33. The molecule has 24 heavy (non-hydrogen) atoms. The number of nitrogens with one attached hydrogen (secondary N) is 1. The Labute approximate surface area is 159 Å². The van der Waals surface area contributed by atoms with Gasteiger partial charge in [0.15, 0.2) is 5.96 Å². The molecule has 2 aromatic rings. The summed E-state index contributed by atoms with van der Waals surface area (Å²) in [6.07, 6.45) is 3.18. The van der Waals surface area contributed by atoms with E-state index in [1.165, 1.54) is 5.56 Å². The second-order valence-corrected chi connectivity index (χ2v) is 5.94. The summed E-state index contributed by atoms with van der Waals surface area (Å²) in [4.78, 5) is 6.23. The van der Waals surface area contributed by atoms with Crippen LogP contribution < -0.4 is 5.32 Å². The molecular weight excluding hydrogens is 419 g/mol. The van der Waals surface area contributed by atoms with Crippen molar-refractivity contribution in [3.63, 3.8) is 0 Å². The van der Waals surface area contributed by atoms with Gasteiger partial charge in [-0.1, -0.05) is 29.4 Å². The topological polar surface area (TPSA) is 73.9 Å². The number of aryl methyl sites for hydroxylation is 1. The predicted octanol–water partition coefficient (Wildman–Crippen LogP) is 2.13. The van der Waals surface area contributed by atoms with Gasteiger partial charge < -0.3 is 19.8 Å². The van der Waals surface area contributed by atoms with E-state index in [-0.39, 0.29) is 24.0 Å². The molecule has 0 fully saturated rings. The summed E-state index contributed by atoms with van der Waals surface area (Å²) >= 11 is 0. The monoisotopic (exact) mass is 442 g/mol. The first-order valence-corrected chi connectivity index (χ1v) is 7.74. The zero-order chi connectivity index (χ0) is 16.3. The summed E-state index contributed by atoms with van der Waals surface area (Å²) in [7, 11) is 3.66. The van der Waals surface area contributed by atoms with Crippen LogP contribution >= 0.6 is 24.0 Å². The number of benzene rings is 1. The van der Waals surface area contributed by atoms with E-state index in [4.69, 9.17) is 4.52 Å². The van der Waals surface area contributed by atoms with Crippen LogP contribution in [0, 0.1) is 0 Å². The smallest absolute Gasteiger partial charge is 0.193 e. The maximum absolute atomic E-state index is 11.0. The summed E-state index contributed by atoms with van der Waals surface area (Å²) in [6, 6.07) is 9.90. The third kappa shape index (κ3) is 3.89. The van der Waals surface area contributed by atoms with Crippen LogP contribution in [0.3, 0.4) is 0 Å². The molecule has 0 saturated carbocycles. The predicted molar refractivity (Wildman–Crippen MR) is 103 cm³/mol. The van der Waals surface area contributed by atoms with E-state index in [0.717, 1.165) is 24.1 Å². The molecule has 0 radical (unpaired) electrons. The fraction of sp³-hybridized carbons (Fsp3) is 0.412. The van der Waals surface area contributed by atoms with Gasteiger partial charge in [0.25, 0.3) is 0 Å². The van der Waals surface area contributed by atoms with Crippen LogP contribution in [0.4, 0.5) is 0 Å². The van der Waals surface area contributed by atoms with Crippen molar-refractivity contribution in [2.75, 3.05) is 20.6 Å². The lowest BCUT2D eigenvalue weighted by molar-refractivity contribution is 0.0426. The van der Waals surface area contributed by atoms with Crippen molar-refractivity contribution in [2.45, 2.75) is 25.0 Å². The molecule has 3 rings (SSSR count). The van der Waals surface area contributed by atoms with Crippen molar-refractivity contribution in [3.8, 4) is 0 Å². The largest absolute Gasteiger partial charge is 0.383 e. The maximum Gasteiger partial charge on any atom is 0.193 e. The minimum atomic E-state index is -0.846. The lowest BCUT2D eigenvalue weighted by Crippen LogP contribution is -2.45. The molecule has 6 nitrogen and oxygen atoms in total. The van der Waals surface area contributed by atoms with Crippen LogP contribution in [-0.2, 0) is 18.6 Å². The molecule has 0 spiro atoms. The van der Waals surface area contributed by atoms with Crippen LogP contribution in [0.2, 0.25) is 0 Å². The Balaban J connectivity index is 0.00000208. The molecule has 1 aliphatic carbocycles. The van der Waals surface area contributed by atoms with E-state index in [9.17, 15) is 5.11 Å². The Hall–Kier alpha value is -1.61. The highest BCUT2D eigenvalue weighted by molar-refractivity contribution is 14.0. The molecule has 0 amide bonds. The highest BCUT2D eigenvalue weighted by atomic mass is 127. The number of aliphatic imine (C=N–C) groups is 1. The van der Waals surface area contributed by atoms with Crippen LogP contribution in [0.1, 0.15) is 23.2 Å². The first kappa shape index (κ1) is 18.7. The van der Waals surface area contributed by atoms with Gasteiger partial charge in [0, 0.05) is 20.2 Å². The minimum Gasteiger partial charge on any atom is -0.383 e. The number of hydrogen-bond donors (Lipinski definition) is 2. The summed E-state index contributed by atoms with van der Waals surface area (Å²) in [5.41, 5.74) is 2.23. The van der Waals surface area contributed by atoms with Gasteiger partial charge in [0.05, 0.1) is 13.1 Å². The first-order valence-electron chi connectivity index (χ1n) is 7.74. The Kier molecular flexibility index (Phi) is 6.22. The van der Waals surface area contributed by atoms with Gasteiger partial charge in [-0.2, -0.15) is 0 Å². The number of halogens is 1. The zero-order valence-electron chi connectivity index (χ0n) is 13.9. The molecule has 0 aliphatic heterocycles. The van der Waals surface area contributed by atoms with Gasteiger partial charge in [-0.05, 0) is 24.0 Å². The normalized spacial score (nSPS) is 19.5. The van der Waals surface area contributed by atoms with Crippen molar-refractivity contribution in [3.05, 3.63) is 53.4 Å². The van der Waals surface area contributed by atoms with Gasteiger partial charge in [0.2, 0.25) is 0 Å².